The lowest BCUT2D eigenvalue weighted by Gasteiger charge is -2.08. The molecule has 1 heterocycles. The van der Waals surface area contributed by atoms with E-state index < -0.39 is 12.8 Å². The summed E-state index contributed by atoms with van der Waals surface area (Å²) < 4.78 is 40.8. The smallest absolute Gasteiger partial charge is 0.372 e. The minimum absolute atomic E-state index is 0.0837. The molecule has 0 aromatic carbocycles. The molecule has 0 unspecified atom stereocenters. The Kier molecular flexibility index (Phi) is 6.06. The Morgan fingerprint density at radius 2 is 2.00 bits per heavy atom. The maximum atomic E-state index is 11.8. The van der Waals surface area contributed by atoms with E-state index in [9.17, 15) is 13.2 Å². The fourth-order valence-electron chi connectivity index (χ4n) is 1.21. The van der Waals surface area contributed by atoms with Gasteiger partial charge in [0.2, 0.25) is 0 Å². The summed E-state index contributed by atoms with van der Waals surface area (Å²) in [5.41, 5.74) is 0.793. The molecular weight excluding hydrogens is 383 g/mol. The zero-order valence-corrected chi connectivity index (χ0v) is 12.4. The van der Waals surface area contributed by atoms with Crippen LogP contribution in [0, 0.1) is 3.57 Å². The number of ether oxygens (including phenoxy) is 1. The number of aromatic nitrogens is 2. The fourth-order valence-corrected chi connectivity index (χ4v) is 2.04. The standard InChI is InChI=1S/C10H11ClF3IN2O/c1-2-6-8(15)9(11)17-7(16-6)3-4-18-5-10(12,13)14/h2-5H2,1H3. The summed E-state index contributed by atoms with van der Waals surface area (Å²) in [5, 5.41) is 0.327. The number of hydrogen-bond donors (Lipinski definition) is 0. The van der Waals surface area contributed by atoms with Crippen LogP contribution in [-0.2, 0) is 17.6 Å². The second-order valence-electron chi connectivity index (χ2n) is 3.46. The highest BCUT2D eigenvalue weighted by Gasteiger charge is 2.27. The fraction of sp³-hybridized carbons (Fsp3) is 0.600. The second-order valence-corrected chi connectivity index (χ2v) is 4.90. The summed E-state index contributed by atoms with van der Waals surface area (Å²) in [5.74, 6) is 0.402. The van der Waals surface area contributed by atoms with Crippen LogP contribution in [0.15, 0.2) is 0 Å². The normalized spacial score (nSPS) is 11.9. The molecule has 0 radical (unpaired) electrons. The third kappa shape index (κ3) is 5.23. The van der Waals surface area contributed by atoms with Crippen molar-refractivity contribution in [2.75, 3.05) is 13.2 Å². The molecule has 0 fully saturated rings. The number of aryl methyl sites for hydroxylation is 1. The van der Waals surface area contributed by atoms with E-state index in [0.29, 0.717) is 17.4 Å². The molecule has 0 spiro atoms. The van der Waals surface area contributed by atoms with Gasteiger partial charge in [0, 0.05) is 6.42 Å². The van der Waals surface area contributed by atoms with E-state index in [2.05, 4.69) is 14.7 Å². The SMILES string of the molecule is CCc1nc(CCOCC(F)(F)F)nc(Cl)c1I. The lowest BCUT2D eigenvalue weighted by atomic mass is 10.3. The van der Waals surface area contributed by atoms with Crippen molar-refractivity contribution in [2.45, 2.75) is 25.9 Å². The highest BCUT2D eigenvalue weighted by Crippen LogP contribution is 2.20. The third-order valence-corrected chi connectivity index (χ3v) is 3.72. The number of hydrogen-bond acceptors (Lipinski definition) is 3. The Labute approximate surface area is 121 Å². The number of rotatable bonds is 5. The number of nitrogens with zero attached hydrogens (tertiary/aromatic N) is 2. The van der Waals surface area contributed by atoms with Crippen LogP contribution in [0.2, 0.25) is 5.15 Å². The van der Waals surface area contributed by atoms with Gasteiger partial charge in [-0.05, 0) is 29.0 Å². The van der Waals surface area contributed by atoms with Crippen LogP contribution in [-0.4, -0.2) is 29.4 Å². The predicted molar refractivity (Wildman–Crippen MR) is 69.7 cm³/mol. The van der Waals surface area contributed by atoms with Crippen LogP contribution >= 0.6 is 34.2 Å². The first kappa shape index (κ1) is 15.9. The van der Waals surface area contributed by atoms with Crippen LogP contribution in [0.3, 0.4) is 0 Å². The highest BCUT2D eigenvalue weighted by atomic mass is 127. The molecule has 0 amide bonds. The largest absolute Gasteiger partial charge is 0.411 e. The zero-order chi connectivity index (χ0) is 13.8. The minimum Gasteiger partial charge on any atom is -0.372 e. The van der Waals surface area contributed by atoms with Crippen molar-refractivity contribution in [2.24, 2.45) is 0 Å². The lowest BCUT2D eigenvalue weighted by Crippen LogP contribution is -2.18. The molecule has 1 aromatic rings. The zero-order valence-electron chi connectivity index (χ0n) is 9.52. The Hall–Kier alpha value is -0.150. The summed E-state index contributed by atoms with van der Waals surface area (Å²) in [4.78, 5) is 8.22. The Morgan fingerprint density at radius 1 is 1.33 bits per heavy atom. The summed E-state index contributed by atoms with van der Waals surface area (Å²) in [6.45, 7) is 0.579. The van der Waals surface area contributed by atoms with Crippen molar-refractivity contribution in [3.63, 3.8) is 0 Å². The van der Waals surface area contributed by atoms with Gasteiger partial charge < -0.3 is 4.74 Å². The Bertz CT molecular complexity index is 415. The summed E-state index contributed by atoms with van der Waals surface area (Å²) in [7, 11) is 0. The molecule has 8 heteroatoms. The van der Waals surface area contributed by atoms with Gasteiger partial charge in [0.05, 0.1) is 15.9 Å². The Balaban J connectivity index is 2.55. The van der Waals surface area contributed by atoms with Gasteiger partial charge in [0.15, 0.2) is 0 Å². The molecule has 1 aromatic heterocycles. The second kappa shape index (κ2) is 6.85. The van der Waals surface area contributed by atoms with E-state index in [-0.39, 0.29) is 13.0 Å². The molecule has 1 rings (SSSR count). The molecule has 0 bridgehead atoms. The maximum Gasteiger partial charge on any atom is 0.411 e. The number of alkyl halides is 3. The molecule has 0 saturated carbocycles. The van der Waals surface area contributed by atoms with Gasteiger partial charge in [0.1, 0.15) is 17.6 Å². The average Bonchev–Trinajstić information content (AvgIpc) is 2.27. The summed E-state index contributed by atoms with van der Waals surface area (Å²) in [6, 6.07) is 0. The molecule has 0 saturated heterocycles. The van der Waals surface area contributed by atoms with E-state index in [4.69, 9.17) is 11.6 Å². The molecule has 0 aliphatic carbocycles. The van der Waals surface area contributed by atoms with E-state index in [0.717, 1.165) is 9.26 Å². The van der Waals surface area contributed by atoms with E-state index >= 15 is 0 Å². The predicted octanol–water partition coefficient (Wildman–Crippen LogP) is 3.42. The van der Waals surface area contributed by atoms with E-state index in [1.165, 1.54) is 0 Å². The molecule has 0 aliphatic rings. The van der Waals surface area contributed by atoms with Crippen LogP contribution in [0.4, 0.5) is 13.2 Å². The van der Waals surface area contributed by atoms with Crippen LogP contribution in [0.25, 0.3) is 0 Å². The average molecular weight is 395 g/mol. The third-order valence-electron chi connectivity index (χ3n) is 2.00. The van der Waals surface area contributed by atoms with Crippen LogP contribution in [0.5, 0.6) is 0 Å². The molecule has 0 atom stereocenters. The van der Waals surface area contributed by atoms with Crippen LogP contribution < -0.4 is 0 Å². The highest BCUT2D eigenvalue weighted by molar-refractivity contribution is 14.1. The monoisotopic (exact) mass is 394 g/mol. The summed E-state index contributed by atoms with van der Waals surface area (Å²) >= 11 is 7.94. The first-order chi connectivity index (χ1) is 8.33. The molecular formula is C10H11ClF3IN2O. The van der Waals surface area contributed by atoms with E-state index in [1.54, 1.807) is 0 Å². The van der Waals surface area contributed by atoms with Crippen molar-refractivity contribution in [1.29, 1.82) is 0 Å². The molecule has 3 nitrogen and oxygen atoms in total. The van der Waals surface area contributed by atoms with Crippen molar-refractivity contribution < 1.29 is 17.9 Å². The van der Waals surface area contributed by atoms with Crippen molar-refractivity contribution in [3.05, 3.63) is 20.2 Å². The van der Waals surface area contributed by atoms with Gasteiger partial charge in [-0.3, -0.25) is 0 Å². The molecule has 102 valence electrons. The summed E-state index contributed by atoms with van der Waals surface area (Å²) in [6.07, 6.45) is -3.41. The molecule has 18 heavy (non-hydrogen) atoms. The first-order valence-electron chi connectivity index (χ1n) is 5.18. The van der Waals surface area contributed by atoms with E-state index in [1.807, 2.05) is 29.5 Å². The van der Waals surface area contributed by atoms with Crippen LogP contribution in [0.1, 0.15) is 18.4 Å². The lowest BCUT2D eigenvalue weighted by molar-refractivity contribution is -0.173. The molecule has 0 aliphatic heterocycles. The minimum atomic E-state index is -4.31. The quantitative estimate of drug-likeness (QED) is 0.436. The van der Waals surface area contributed by atoms with Gasteiger partial charge >= 0.3 is 6.18 Å². The van der Waals surface area contributed by atoms with Gasteiger partial charge in [-0.1, -0.05) is 18.5 Å². The Morgan fingerprint density at radius 3 is 2.56 bits per heavy atom. The number of halogens is 5. The van der Waals surface area contributed by atoms with Gasteiger partial charge in [0.25, 0.3) is 0 Å². The van der Waals surface area contributed by atoms with Crippen molar-refractivity contribution >= 4 is 34.2 Å². The van der Waals surface area contributed by atoms with Gasteiger partial charge in [-0.15, -0.1) is 0 Å². The first-order valence-corrected chi connectivity index (χ1v) is 6.64. The topological polar surface area (TPSA) is 35.0 Å². The molecule has 0 N–H and O–H groups in total. The van der Waals surface area contributed by atoms with Crippen molar-refractivity contribution in [1.82, 2.24) is 9.97 Å². The van der Waals surface area contributed by atoms with Gasteiger partial charge in [-0.2, -0.15) is 13.2 Å². The van der Waals surface area contributed by atoms with Gasteiger partial charge in [-0.25, -0.2) is 9.97 Å². The maximum absolute atomic E-state index is 11.8. The van der Waals surface area contributed by atoms with Crippen molar-refractivity contribution in [3.8, 4) is 0 Å².